The van der Waals surface area contributed by atoms with Crippen LogP contribution in [0.15, 0.2) is 42.5 Å². The third-order valence-corrected chi connectivity index (χ3v) is 4.78. The zero-order valence-corrected chi connectivity index (χ0v) is 15.4. The first kappa shape index (κ1) is 17.9. The van der Waals surface area contributed by atoms with Crippen molar-refractivity contribution in [2.24, 2.45) is 5.92 Å². The molecule has 1 N–H and O–H groups in total. The third-order valence-electron chi connectivity index (χ3n) is 4.78. The fourth-order valence-corrected chi connectivity index (χ4v) is 3.21. The van der Waals surface area contributed by atoms with Gasteiger partial charge in [0.2, 0.25) is 5.91 Å². The van der Waals surface area contributed by atoms with Crippen molar-refractivity contribution < 1.29 is 14.4 Å². The van der Waals surface area contributed by atoms with E-state index in [9.17, 15) is 14.4 Å². The minimum Gasteiger partial charge on any atom is -0.324 e. The maximum Gasteiger partial charge on any atom is 0.262 e. The third kappa shape index (κ3) is 3.01. The van der Waals surface area contributed by atoms with Gasteiger partial charge in [-0.25, -0.2) is 0 Å². The smallest absolute Gasteiger partial charge is 0.262 e. The number of fused-ring (bicyclic) bond motifs is 1. The van der Waals surface area contributed by atoms with Gasteiger partial charge >= 0.3 is 0 Å². The van der Waals surface area contributed by atoms with Gasteiger partial charge in [0.25, 0.3) is 11.8 Å². The highest BCUT2D eigenvalue weighted by atomic mass is 16.2. The molecular weight excluding hydrogens is 328 g/mol. The molecule has 3 rings (SSSR count). The fourth-order valence-electron chi connectivity index (χ4n) is 3.21. The van der Waals surface area contributed by atoms with E-state index in [0.717, 1.165) is 16.0 Å². The van der Waals surface area contributed by atoms with Gasteiger partial charge in [0.1, 0.15) is 6.04 Å². The Balaban J connectivity index is 1.90. The lowest BCUT2D eigenvalue weighted by Crippen LogP contribution is -2.50. The predicted octanol–water partition coefficient (Wildman–Crippen LogP) is 3.56. The van der Waals surface area contributed by atoms with Crippen molar-refractivity contribution in [1.29, 1.82) is 0 Å². The zero-order valence-electron chi connectivity index (χ0n) is 15.4. The lowest BCUT2D eigenvalue weighted by molar-refractivity contribution is -0.121. The van der Waals surface area contributed by atoms with Gasteiger partial charge in [-0.05, 0) is 55.2 Å². The number of carbonyl (C=O) groups is 3. The number of hydrogen-bond donors (Lipinski definition) is 1. The molecule has 0 bridgehead atoms. The second kappa shape index (κ2) is 6.75. The van der Waals surface area contributed by atoms with Crippen LogP contribution in [0.2, 0.25) is 0 Å². The van der Waals surface area contributed by atoms with Crippen LogP contribution in [0.1, 0.15) is 45.7 Å². The molecule has 0 spiro atoms. The Labute approximate surface area is 153 Å². The van der Waals surface area contributed by atoms with Crippen molar-refractivity contribution in [3.8, 4) is 0 Å². The highest BCUT2D eigenvalue weighted by Gasteiger charge is 2.43. The van der Waals surface area contributed by atoms with Gasteiger partial charge in [-0.2, -0.15) is 0 Å². The molecule has 1 aliphatic heterocycles. The summed E-state index contributed by atoms with van der Waals surface area (Å²) in [7, 11) is 0. The molecule has 3 amide bonds. The van der Waals surface area contributed by atoms with Gasteiger partial charge in [-0.1, -0.05) is 32.0 Å². The molecule has 1 heterocycles. The lowest BCUT2D eigenvalue weighted by Gasteiger charge is -2.28. The van der Waals surface area contributed by atoms with Crippen LogP contribution in [0.4, 0.5) is 5.69 Å². The van der Waals surface area contributed by atoms with Crippen LogP contribution in [0.25, 0.3) is 0 Å². The maximum atomic E-state index is 12.9. The summed E-state index contributed by atoms with van der Waals surface area (Å²) in [6.07, 6.45) is 0. The van der Waals surface area contributed by atoms with Gasteiger partial charge in [0.15, 0.2) is 0 Å². The van der Waals surface area contributed by atoms with Crippen LogP contribution in [-0.2, 0) is 4.79 Å². The Kier molecular flexibility index (Phi) is 4.64. The van der Waals surface area contributed by atoms with E-state index >= 15 is 0 Å². The van der Waals surface area contributed by atoms with Crippen LogP contribution in [-0.4, -0.2) is 28.7 Å². The number of rotatable bonds is 4. The van der Waals surface area contributed by atoms with Gasteiger partial charge < -0.3 is 5.32 Å². The molecule has 0 saturated carbocycles. The topological polar surface area (TPSA) is 66.5 Å². The van der Waals surface area contributed by atoms with E-state index in [0.29, 0.717) is 16.8 Å². The number of imide groups is 1. The van der Waals surface area contributed by atoms with Crippen LogP contribution >= 0.6 is 0 Å². The molecule has 2 aromatic rings. The summed E-state index contributed by atoms with van der Waals surface area (Å²) < 4.78 is 0. The largest absolute Gasteiger partial charge is 0.324 e. The SMILES string of the molecule is Cc1ccc(NC(=O)C(C(C)C)N2C(=O)c3ccccc3C2=O)cc1C. The van der Waals surface area contributed by atoms with Crippen molar-refractivity contribution in [1.82, 2.24) is 4.90 Å². The molecule has 0 saturated heterocycles. The second-order valence-corrected chi connectivity index (χ2v) is 7.00. The highest BCUT2D eigenvalue weighted by molar-refractivity contribution is 6.23. The van der Waals surface area contributed by atoms with Gasteiger partial charge in [-0.3, -0.25) is 19.3 Å². The first-order valence-corrected chi connectivity index (χ1v) is 8.66. The Hall–Kier alpha value is -2.95. The van der Waals surface area contributed by atoms with Crippen molar-refractivity contribution in [3.05, 3.63) is 64.7 Å². The molecule has 0 fully saturated rings. The number of nitrogens with one attached hydrogen (secondary N) is 1. The Morgan fingerprint density at radius 1 is 0.923 bits per heavy atom. The molecule has 2 aromatic carbocycles. The number of aryl methyl sites for hydroxylation is 2. The number of amides is 3. The summed E-state index contributed by atoms with van der Waals surface area (Å²) in [6, 6.07) is 11.4. The van der Waals surface area contributed by atoms with Gasteiger partial charge in [0.05, 0.1) is 11.1 Å². The van der Waals surface area contributed by atoms with Crippen molar-refractivity contribution in [2.75, 3.05) is 5.32 Å². The van der Waals surface area contributed by atoms with Crippen LogP contribution in [0.5, 0.6) is 0 Å². The summed E-state index contributed by atoms with van der Waals surface area (Å²) in [5.41, 5.74) is 3.54. The zero-order chi connectivity index (χ0) is 19.0. The molecule has 1 atom stereocenters. The lowest BCUT2D eigenvalue weighted by atomic mass is 10.0. The monoisotopic (exact) mass is 350 g/mol. The molecule has 134 valence electrons. The second-order valence-electron chi connectivity index (χ2n) is 7.00. The fraction of sp³-hybridized carbons (Fsp3) is 0.286. The van der Waals surface area contributed by atoms with E-state index < -0.39 is 17.9 Å². The maximum absolute atomic E-state index is 12.9. The molecule has 0 aliphatic carbocycles. The molecule has 0 radical (unpaired) electrons. The highest BCUT2D eigenvalue weighted by Crippen LogP contribution is 2.28. The first-order valence-electron chi connectivity index (χ1n) is 8.66. The summed E-state index contributed by atoms with van der Waals surface area (Å²) in [4.78, 5) is 39.5. The Bertz CT molecular complexity index is 867. The minimum atomic E-state index is -0.871. The van der Waals surface area contributed by atoms with Crippen molar-refractivity contribution in [3.63, 3.8) is 0 Å². The molecule has 26 heavy (non-hydrogen) atoms. The number of hydrogen-bond acceptors (Lipinski definition) is 3. The summed E-state index contributed by atoms with van der Waals surface area (Å²) in [5.74, 6) is -1.42. The molecule has 5 heteroatoms. The van der Waals surface area contributed by atoms with Crippen LogP contribution in [0.3, 0.4) is 0 Å². The van der Waals surface area contributed by atoms with Crippen molar-refractivity contribution in [2.45, 2.75) is 33.7 Å². The number of anilines is 1. The summed E-state index contributed by atoms with van der Waals surface area (Å²) in [5, 5.41) is 2.85. The van der Waals surface area contributed by atoms with Gasteiger partial charge in [-0.15, -0.1) is 0 Å². The summed E-state index contributed by atoms with van der Waals surface area (Å²) >= 11 is 0. The average Bonchev–Trinajstić information content (AvgIpc) is 2.84. The summed E-state index contributed by atoms with van der Waals surface area (Å²) in [6.45, 7) is 7.62. The van der Waals surface area contributed by atoms with E-state index in [1.165, 1.54) is 0 Å². The Morgan fingerprint density at radius 2 is 1.50 bits per heavy atom. The van der Waals surface area contributed by atoms with Crippen LogP contribution in [0, 0.1) is 19.8 Å². The molecule has 1 aliphatic rings. The number of carbonyl (C=O) groups excluding carboxylic acids is 3. The van der Waals surface area contributed by atoms with E-state index in [1.54, 1.807) is 24.3 Å². The normalized spacial score (nSPS) is 14.6. The number of nitrogens with zero attached hydrogens (tertiary/aromatic N) is 1. The van der Waals surface area contributed by atoms with Gasteiger partial charge in [0, 0.05) is 5.69 Å². The first-order chi connectivity index (χ1) is 12.3. The van der Waals surface area contributed by atoms with E-state index in [4.69, 9.17) is 0 Å². The van der Waals surface area contributed by atoms with E-state index in [2.05, 4.69) is 5.32 Å². The molecular formula is C21H22N2O3. The van der Waals surface area contributed by atoms with E-state index in [1.807, 2.05) is 45.9 Å². The molecule has 5 nitrogen and oxygen atoms in total. The minimum absolute atomic E-state index is 0.219. The Morgan fingerprint density at radius 3 is 2.00 bits per heavy atom. The molecule has 1 unspecified atom stereocenters. The van der Waals surface area contributed by atoms with Crippen molar-refractivity contribution >= 4 is 23.4 Å². The number of benzene rings is 2. The van der Waals surface area contributed by atoms with Crippen LogP contribution < -0.4 is 5.32 Å². The average molecular weight is 350 g/mol. The standard InChI is InChI=1S/C21H22N2O3/c1-12(2)18(19(24)22-15-10-9-13(3)14(4)11-15)23-20(25)16-7-5-6-8-17(16)21(23)26/h5-12,18H,1-4H3,(H,22,24). The predicted molar refractivity (Wildman–Crippen MR) is 100 cm³/mol. The molecule has 0 aromatic heterocycles. The van der Waals surface area contributed by atoms with E-state index in [-0.39, 0.29) is 11.8 Å². The quantitative estimate of drug-likeness (QED) is 0.858.